The maximum Gasteiger partial charge on any atom is 0.147 e. The van der Waals surface area contributed by atoms with Crippen LogP contribution in [0.3, 0.4) is 0 Å². The first-order chi connectivity index (χ1) is 6.47. The highest BCUT2D eigenvalue weighted by Crippen LogP contribution is 2.28. The van der Waals surface area contributed by atoms with E-state index in [1.807, 2.05) is 0 Å². The lowest BCUT2D eigenvalue weighted by Gasteiger charge is -2.14. The van der Waals surface area contributed by atoms with Crippen LogP contribution in [0, 0.1) is 5.92 Å². The standard InChI is InChI=1S/C10H19ClO2S/c1-14(12,13)7-6-9-4-2-3-5-10(11)8-9/h9-10H,2-8H2,1H3. The first-order valence-electron chi connectivity index (χ1n) is 5.29. The van der Waals surface area contributed by atoms with Crippen molar-refractivity contribution in [1.82, 2.24) is 0 Å². The van der Waals surface area contributed by atoms with Gasteiger partial charge >= 0.3 is 0 Å². The molecule has 2 unspecified atom stereocenters. The quantitative estimate of drug-likeness (QED) is 0.560. The molecule has 0 amide bonds. The van der Waals surface area contributed by atoms with Crippen LogP contribution in [0.25, 0.3) is 0 Å². The molecule has 0 aliphatic heterocycles. The highest BCUT2D eigenvalue weighted by molar-refractivity contribution is 7.90. The monoisotopic (exact) mass is 238 g/mol. The molecule has 1 aliphatic rings. The average Bonchev–Trinajstić information content (AvgIpc) is 2.25. The molecule has 1 aliphatic carbocycles. The second kappa shape index (κ2) is 5.36. The molecular weight excluding hydrogens is 220 g/mol. The lowest BCUT2D eigenvalue weighted by molar-refractivity contribution is 0.447. The zero-order valence-corrected chi connectivity index (χ0v) is 10.3. The zero-order valence-electron chi connectivity index (χ0n) is 8.71. The van der Waals surface area contributed by atoms with Crippen molar-refractivity contribution in [3.8, 4) is 0 Å². The van der Waals surface area contributed by atoms with Crippen molar-refractivity contribution in [2.45, 2.75) is 43.9 Å². The molecule has 14 heavy (non-hydrogen) atoms. The summed E-state index contributed by atoms with van der Waals surface area (Å²) in [6, 6.07) is 0. The van der Waals surface area contributed by atoms with E-state index in [-0.39, 0.29) is 5.38 Å². The van der Waals surface area contributed by atoms with Crippen molar-refractivity contribution in [3.05, 3.63) is 0 Å². The molecule has 1 fully saturated rings. The van der Waals surface area contributed by atoms with Gasteiger partial charge in [0.2, 0.25) is 0 Å². The highest BCUT2D eigenvalue weighted by atomic mass is 35.5. The van der Waals surface area contributed by atoms with Crippen LogP contribution in [0.15, 0.2) is 0 Å². The van der Waals surface area contributed by atoms with Crippen molar-refractivity contribution in [3.63, 3.8) is 0 Å². The Morgan fingerprint density at radius 3 is 2.57 bits per heavy atom. The molecule has 2 atom stereocenters. The molecule has 0 aromatic carbocycles. The van der Waals surface area contributed by atoms with Gasteiger partial charge < -0.3 is 0 Å². The van der Waals surface area contributed by atoms with Gasteiger partial charge in [0, 0.05) is 11.6 Å². The number of halogens is 1. The van der Waals surface area contributed by atoms with Crippen LogP contribution < -0.4 is 0 Å². The fraction of sp³-hybridized carbons (Fsp3) is 1.00. The maximum absolute atomic E-state index is 11.0. The van der Waals surface area contributed by atoms with Crippen molar-refractivity contribution in [1.29, 1.82) is 0 Å². The van der Waals surface area contributed by atoms with E-state index in [0.29, 0.717) is 11.7 Å². The van der Waals surface area contributed by atoms with Gasteiger partial charge in [-0.2, -0.15) is 0 Å². The number of hydrogen-bond donors (Lipinski definition) is 0. The summed E-state index contributed by atoms with van der Waals surface area (Å²) >= 11 is 6.12. The summed E-state index contributed by atoms with van der Waals surface area (Å²) < 4.78 is 22.0. The average molecular weight is 239 g/mol. The predicted molar refractivity (Wildman–Crippen MR) is 60.5 cm³/mol. The molecule has 0 spiro atoms. The lowest BCUT2D eigenvalue weighted by Crippen LogP contribution is -2.12. The first kappa shape index (κ1) is 12.3. The van der Waals surface area contributed by atoms with Crippen LogP contribution in [-0.4, -0.2) is 25.8 Å². The van der Waals surface area contributed by atoms with E-state index in [1.54, 1.807) is 0 Å². The minimum Gasteiger partial charge on any atom is -0.229 e. The van der Waals surface area contributed by atoms with Crippen molar-refractivity contribution in [2.24, 2.45) is 5.92 Å². The van der Waals surface area contributed by atoms with Crippen LogP contribution in [0.2, 0.25) is 0 Å². The molecule has 0 radical (unpaired) electrons. The fourth-order valence-corrected chi connectivity index (χ4v) is 3.21. The molecule has 0 aromatic rings. The van der Waals surface area contributed by atoms with Crippen molar-refractivity contribution >= 4 is 21.4 Å². The number of alkyl halides is 1. The van der Waals surface area contributed by atoms with E-state index < -0.39 is 9.84 Å². The van der Waals surface area contributed by atoms with Crippen molar-refractivity contribution < 1.29 is 8.42 Å². The SMILES string of the molecule is CS(=O)(=O)CCC1CCCCC(Cl)C1. The second-order valence-corrected chi connectivity index (χ2v) is 7.28. The smallest absolute Gasteiger partial charge is 0.147 e. The third-order valence-electron chi connectivity index (χ3n) is 2.87. The molecule has 0 bridgehead atoms. The van der Waals surface area contributed by atoms with Gasteiger partial charge in [0.05, 0.1) is 5.75 Å². The molecular formula is C10H19ClO2S. The minimum absolute atomic E-state index is 0.266. The number of rotatable bonds is 3. The normalized spacial score (nSPS) is 29.9. The van der Waals surface area contributed by atoms with Gasteiger partial charge in [-0.1, -0.05) is 19.3 Å². The van der Waals surface area contributed by atoms with E-state index in [2.05, 4.69) is 0 Å². The summed E-state index contributed by atoms with van der Waals surface area (Å²) in [6.45, 7) is 0. The van der Waals surface area contributed by atoms with E-state index in [1.165, 1.54) is 19.1 Å². The van der Waals surface area contributed by atoms with Crippen LogP contribution in [0.4, 0.5) is 0 Å². The second-order valence-electron chi connectivity index (χ2n) is 4.40. The Morgan fingerprint density at radius 1 is 1.29 bits per heavy atom. The van der Waals surface area contributed by atoms with Crippen LogP contribution in [0.1, 0.15) is 38.5 Å². The van der Waals surface area contributed by atoms with Gasteiger partial charge in [-0.05, 0) is 25.2 Å². The lowest BCUT2D eigenvalue weighted by atomic mass is 9.98. The van der Waals surface area contributed by atoms with E-state index >= 15 is 0 Å². The molecule has 0 N–H and O–H groups in total. The molecule has 1 saturated carbocycles. The fourth-order valence-electron chi connectivity index (χ4n) is 2.04. The Labute approximate surface area is 91.9 Å². The van der Waals surface area contributed by atoms with Crippen LogP contribution in [0.5, 0.6) is 0 Å². The molecule has 2 nitrogen and oxygen atoms in total. The maximum atomic E-state index is 11.0. The zero-order chi connectivity index (χ0) is 10.6. The van der Waals surface area contributed by atoms with Gasteiger partial charge in [-0.25, -0.2) is 8.42 Å². The van der Waals surface area contributed by atoms with Gasteiger partial charge in [0.25, 0.3) is 0 Å². The van der Waals surface area contributed by atoms with Crippen LogP contribution >= 0.6 is 11.6 Å². The Kier molecular flexibility index (Phi) is 4.71. The summed E-state index contributed by atoms with van der Waals surface area (Å²) in [4.78, 5) is 0. The van der Waals surface area contributed by atoms with E-state index in [0.717, 1.165) is 25.7 Å². The van der Waals surface area contributed by atoms with E-state index in [4.69, 9.17) is 11.6 Å². The third kappa shape index (κ3) is 5.20. The summed E-state index contributed by atoms with van der Waals surface area (Å²) in [5.41, 5.74) is 0. The molecule has 0 heterocycles. The summed E-state index contributed by atoms with van der Waals surface area (Å²) in [5, 5.41) is 0.266. The molecule has 0 saturated heterocycles. The summed E-state index contributed by atoms with van der Waals surface area (Å²) in [7, 11) is -2.80. The molecule has 84 valence electrons. The summed E-state index contributed by atoms with van der Waals surface area (Å²) in [6.07, 6.45) is 7.75. The van der Waals surface area contributed by atoms with E-state index in [9.17, 15) is 8.42 Å². The number of sulfone groups is 1. The highest BCUT2D eigenvalue weighted by Gasteiger charge is 2.19. The van der Waals surface area contributed by atoms with Gasteiger partial charge in [-0.15, -0.1) is 11.6 Å². The molecule has 4 heteroatoms. The Hall–Kier alpha value is 0.240. The Balaban J connectivity index is 2.35. The molecule has 1 rings (SSSR count). The predicted octanol–water partition coefficient (Wildman–Crippen LogP) is 2.61. The molecule has 0 aromatic heterocycles. The number of hydrogen-bond acceptors (Lipinski definition) is 2. The topological polar surface area (TPSA) is 34.1 Å². The minimum atomic E-state index is -2.80. The third-order valence-corrected chi connectivity index (χ3v) is 4.24. The van der Waals surface area contributed by atoms with Crippen LogP contribution in [-0.2, 0) is 9.84 Å². The largest absolute Gasteiger partial charge is 0.229 e. The Bertz CT molecular complexity index is 261. The van der Waals surface area contributed by atoms with Gasteiger partial charge in [0.15, 0.2) is 0 Å². The van der Waals surface area contributed by atoms with Gasteiger partial charge in [-0.3, -0.25) is 0 Å². The first-order valence-corrected chi connectivity index (χ1v) is 7.79. The van der Waals surface area contributed by atoms with Crippen molar-refractivity contribution in [2.75, 3.05) is 12.0 Å². The van der Waals surface area contributed by atoms with Gasteiger partial charge in [0.1, 0.15) is 9.84 Å². The Morgan fingerprint density at radius 2 is 1.93 bits per heavy atom. The summed E-state index contributed by atoms with van der Waals surface area (Å²) in [5.74, 6) is 0.844.